The molecule has 0 atom stereocenters. The molecule has 1 aromatic carbocycles. The number of hydrogen-bond donors (Lipinski definition) is 2. The maximum absolute atomic E-state index is 12.2. The van der Waals surface area contributed by atoms with E-state index >= 15 is 0 Å². The molecule has 1 aromatic rings. The molecule has 1 amide bonds. The van der Waals surface area contributed by atoms with E-state index in [2.05, 4.69) is 5.32 Å². The summed E-state index contributed by atoms with van der Waals surface area (Å²) in [5, 5.41) is 11.6. The molecule has 0 unspecified atom stereocenters. The topological polar surface area (TPSA) is 104 Å². The largest absolute Gasteiger partial charge is 0.480 e. The molecule has 0 heterocycles. The van der Waals surface area contributed by atoms with E-state index in [0.29, 0.717) is 18.4 Å². The maximum atomic E-state index is 12.2. The van der Waals surface area contributed by atoms with Gasteiger partial charge in [-0.05, 0) is 37.5 Å². The van der Waals surface area contributed by atoms with Gasteiger partial charge in [-0.25, -0.2) is 12.7 Å². The van der Waals surface area contributed by atoms with E-state index in [1.165, 1.54) is 20.2 Å². The number of amides is 1. The van der Waals surface area contributed by atoms with Gasteiger partial charge in [0.15, 0.2) is 0 Å². The number of nitrogens with one attached hydrogen (secondary N) is 1. The molecular formula is C14H18N2O5S. The number of hydrogen-bond acceptors (Lipinski definition) is 4. The molecule has 0 spiro atoms. The Hall–Kier alpha value is -1.93. The summed E-state index contributed by atoms with van der Waals surface area (Å²) >= 11 is 0. The molecule has 0 aromatic heterocycles. The summed E-state index contributed by atoms with van der Waals surface area (Å²) in [5.41, 5.74) is -0.555. The third-order valence-electron chi connectivity index (χ3n) is 3.80. The molecule has 22 heavy (non-hydrogen) atoms. The van der Waals surface area contributed by atoms with Crippen molar-refractivity contribution in [1.82, 2.24) is 4.31 Å². The molecule has 0 saturated heterocycles. The van der Waals surface area contributed by atoms with E-state index in [1.54, 1.807) is 19.1 Å². The van der Waals surface area contributed by atoms with Crippen LogP contribution in [0.15, 0.2) is 23.1 Å². The Morgan fingerprint density at radius 1 is 1.27 bits per heavy atom. The van der Waals surface area contributed by atoms with E-state index in [9.17, 15) is 18.0 Å². The molecule has 1 fully saturated rings. The lowest BCUT2D eigenvalue weighted by Gasteiger charge is -2.16. The quantitative estimate of drug-likeness (QED) is 0.787. The Labute approximate surface area is 129 Å². The fourth-order valence-corrected chi connectivity index (χ4v) is 3.21. The van der Waals surface area contributed by atoms with Crippen LogP contribution in [0.4, 0.5) is 5.69 Å². The molecule has 0 radical (unpaired) electrons. The van der Waals surface area contributed by atoms with Gasteiger partial charge in [0.25, 0.3) is 0 Å². The van der Waals surface area contributed by atoms with E-state index in [1.807, 2.05) is 0 Å². The second kappa shape index (κ2) is 5.36. The number of anilines is 1. The van der Waals surface area contributed by atoms with Crippen molar-refractivity contribution in [3.05, 3.63) is 23.8 Å². The minimum Gasteiger partial charge on any atom is -0.480 e. The number of benzene rings is 1. The molecule has 7 nitrogen and oxygen atoms in total. The average molecular weight is 326 g/mol. The number of aryl methyl sites for hydroxylation is 1. The summed E-state index contributed by atoms with van der Waals surface area (Å²) in [5.74, 6) is -1.77. The highest BCUT2D eigenvalue weighted by atomic mass is 32.2. The normalized spacial score (nSPS) is 16.4. The molecule has 1 aliphatic rings. The van der Waals surface area contributed by atoms with Crippen molar-refractivity contribution in [3.8, 4) is 0 Å². The first-order valence-electron chi connectivity index (χ1n) is 6.69. The Morgan fingerprint density at radius 3 is 2.32 bits per heavy atom. The lowest BCUT2D eigenvalue weighted by molar-refractivity contribution is -0.147. The summed E-state index contributed by atoms with van der Waals surface area (Å²) in [4.78, 5) is 23.3. The molecule has 8 heteroatoms. The summed E-state index contributed by atoms with van der Waals surface area (Å²) in [6.45, 7) is 1.65. The Kier molecular flexibility index (Phi) is 4.01. The number of nitrogens with zero attached hydrogens (tertiary/aromatic N) is 1. The van der Waals surface area contributed by atoms with Gasteiger partial charge in [-0.3, -0.25) is 9.59 Å². The number of carboxylic acids is 1. The van der Waals surface area contributed by atoms with Crippen LogP contribution in [0.25, 0.3) is 0 Å². The highest BCUT2D eigenvalue weighted by molar-refractivity contribution is 7.89. The first-order chi connectivity index (χ1) is 10.1. The second-order valence-electron chi connectivity index (χ2n) is 5.61. The van der Waals surface area contributed by atoms with Gasteiger partial charge in [0.05, 0.1) is 4.90 Å². The molecular weight excluding hydrogens is 308 g/mol. The third-order valence-corrected chi connectivity index (χ3v) is 5.76. The van der Waals surface area contributed by atoms with Crippen LogP contribution in [-0.4, -0.2) is 43.8 Å². The fourth-order valence-electron chi connectivity index (χ4n) is 2.07. The SMILES string of the molecule is Cc1ccc(NC(=O)C2(C(=O)O)CC2)cc1S(=O)(=O)N(C)C. The summed E-state index contributed by atoms with van der Waals surface area (Å²) in [6.07, 6.45) is 0.589. The number of sulfonamides is 1. The minimum absolute atomic E-state index is 0.0791. The predicted octanol–water partition coefficient (Wildman–Crippen LogP) is 1.05. The summed E-state index contributed by atoms with van der Waals surface area (Å²) < 4.78 is 25.5. The van der Waals surface area contributed by atoms with Crippen LogP contribution >= 0.6 is 0 Å². The molecule has 2 N–H and O–H groups in total. The van der Waals surface area contributed by atoms with Crippen molar-refractivity contribution in [2.24, 2.45) is 5.41 Å². The molecule has 1 aliphatic carbocycles. The van der Waals surface area contributed by atoms with Gasteiger partial charge < -0.3 is 10.4 Å². The van der Waals surface area contributed by atoms with Gasteiger partial charge in [0, 0.05) is 19.8 Å². The first kappa shape index (κ1) is 16.4. The van der Waals surface area contributed by atoms with Gasteiger partial charge in [-0.1, -0.05) is 6.07 Å². The summed E-state index contributed by atoms with van der Waals surface area (Å²) in [7, 11) is -0.796. The molecule has 2 rings (SSSR count). The van der Waals surface area contributed by atoms with Gasteiger partial charge in [0.2, 0.25) is 15.9 Å². The van der Waals surface area contributed by atoms with Crippen molar-refractivity contribution in [1.29, 1.82) is 0 Å². The zero-order valence-electron chi connectivity index (χ0n) is 12.6. The second-order valence-corrected chi connectivity index (χ2v) is 7.73. The van der Waals surface area contributed by atoms with Crippen molar-refractivity contribution in [2.45, 2.75) is 24.7 Å². The lowest BCUT2D eigenvalue weighted by Crippen LogP contribution is -2.31. The number of carbonyl (C=O) groups excluding carboxylic acids is 1. The number of carboxylic acid groups (broad SMARTS) is 1. The zero-order chi connectivity index (χ0) is 16.7. The van der Waals surface area contributed by atoms with Crippen LogP contribution in [0.2, 0.25) is 0 Å². The summed E-state index contributed by atoms with van der Waals surface area (Å²) in [6, 6.07) is 4.48. The fraction of sp³-hybridized carbons (Fsp3) is 0.429. The smallest absolute Gasteiger partial charge is 0.319 e. The standard InChI is InChI=1S/C14H18N2O5S/c1-9-4-5-10(8-11(9)22(20,21)16(2)3)15-12(17)14(6-7-14)13(18)19/h4-5,8H,6-7H2,1-3H3,(H,15,17)(H,18,19). The van der Waals surface area contributed by atoms with Crippen LogP contribution in [-0.2, 0) is 19.6 Å². The van der Waals surface area contributed by atoms with Crippen molar-refractivity contribution < 1.29 is 23.1 Å². The molecule has 0 aliphatic heterocycles. The first-order valence-corrected chi connectivity index (χ1v) is 8.13. The van der Waals surface area contributed by atoms with Crippen LogP contribution in [0, 0.1) is 12.3 Å². The van der Waals surface area contributed by atoms with Crippen LogP contribution < -0.4 is 5.32 Å². The van der Waals surface area contributed by atoms with E-state index in [0.717, 1.165) is 4.31 Å². The van der Waals surface area contributed by atoms with Gasteiger partial charge in [-0.2, -0.15) is 0 Å². The monoisotopic (exact) mass is 326 g/mol. The van der Waals surface area contributed by atoms with Crippen molar-refractivity contribution in [2.75, 3.05) is 19.4 Å². The number of rotatable bonds is 5. The third kappa shape index (κ3) is 2.71. The minimum atomic E-state index is -3.64. The number of aliphatic carboxylic acids is 1. The van der Waals surface area contributed by atoms with Gasteiger partial charge in [-0.15, -0.1) is 0 Å². The molecule has 0 bridgehead atoms. The maximum Gasteiger partial charge on any atom is 0.319 e. The predicted molar refractivity (Wildman–Crippen MR) is 80.0 cm³/mol. The molecule has 1 saturated carbocycles. The highest BCUT2D eigenvalue weighted by Gasteiger charge is 2.57. The number of carbonyl (C=O) groups is 2. The van der Waals surface area contributed by atoms with Crippen LogP contribution in [0.1, 0.15) is 18.4 Å². The van der Waals surface area contributed by atoms with Crippen LogP contribution in [0.5, 0.6) is 0 Å². The Morgan fingerprint density at radius 2 is 1.86 bits per heavy atom. The lowest BCUT2D eigenvalue weighted by atomic mass is 10.1. The highest BCUT2D eigenvalue weighted by Crippen LogP contribution is 2.46. The van der Waals surface area contributed by atoms with Crippen molar-refractivity contribution >= 4 is 27.6 Å². The zero-order valence-corrected chi connectivity index (χ0v) is 13.4. The van der Waals surface area contributed by atoms with E-state index < -0.39 is 27.3 Å². The van der Waals surface area contributed by atoms with E-state index in [4.69, 9.17) is 5.11 Å². The average Bonchev–Trinajstić information content (AvgIpc) is 3.22. The Balaban J connectivity index is 2.32. The van der Waals surface area contributed by atoms with Gasteiger partial charge >= 0.3 is 5.97 Å². The van der Waals surface area contributed by atoms with Crippen LogP contribution in [0.3, 0.4) is 0 Å². The Bertz CT molecular complexity index is 736. The molecule has 120 valence electrons. The van der Waals surface area contributed by atoms with E-state index in [-0.39, 0.29) is 10.6 Å². The van der Waals surface area contributed by atoms with Gasteiger partial charge in [0.1, 0.15) is 5.41 Å². The van der Waals surface area contributed by atoms with Crippen molar-refractivity contribution in [3.63, 3.8) is 0 Å².